The predicted octanol–water partition coefficient (Wildman–Crippen LogP) is 2.89. The van der Waals surface area contributed by atoms with Gasteiger partial charge >= 0.3 is 0 Å². The molecular weight excluding hydrogens is 232 g/mol. The van der Waals surface area contributed by atoms with E-state index < -0.39 is 0 Å². The van der Waals surface area contributed by atoms with Crippen molar-refractivity contribution < 1.29 is 37.2 Å². The van der Waals surface area contributed by atoms with Crippen LogP contribution in [0.5, 0.6) is 0 Å². The molecule has 0 atom stereocenters. The van der Waals surface area contributed by atoms with Crippen LogP contribution in [0.2, 0.25) is 0 Å². The third kappa shape index (κ3) is 22.5. The van der Waals surface area contributed by atoms with Crippen LogP contribution in [0, 0.1) is 7.43 Å². The van der Waals surface area contributed by atoms with Crippen LogP contribution in [0.4, 0.5) is 4.48 Å². The van der Waals surface area contributed by atoms with Gasteiger partial charge < -0.3 is 7.43 Å². The quantitative estimate of drug-likeness (QED) is 0.346. The molecule has 0 aliphatic carbocycles. The molecule has 0 aromatic heterocycles. The molecule has 0 saturated heterocycles. The molecule has 0 amide bonds. The van der Waals surface area contributed by atoms with Gasteiger partial charge in [-0.1, -0.05) is 24.4 Å². The van der Waals surface area contributed by atoms with Crippen molar-refractivity contribution in [3.8, 4) is 0 Å². The summed E-state index contributed by atoms with van der Waals surface area (Å²) in [5, 5.41) is 3.23. The van der Waals surface area contributed by atoms with Gasteiger partial charge in [0.2, 0.25) is 0 Å². The van der Waals surface area contributed by atoms with E-state index in [0.717, 1.165) is 0 Å². The normalized spacial score (nSPS) is 8.92. The third-order valence-corrected chi connectivity index (χ3v) is 0.626. The number of nitrogens with zero attached hydrogens (tertiary/aromatic N) is 1. The third-order valence-electron chi connectivity index (χ3n) is 0.626. The van der Waals surface area contributed by atoms with E-state index in [1.165, 1.54) is 5.65 Å². The van der Waals surface area contributed by atoms with Crippen molar-refractivity contribution in [1.82, 2.24) is 5.65 Å². The summed E-state index contributed by atoms with van der Waals surface area (Å²) < 4.78 is 11.1. The van der Waals surface area contributed by atoms with Crippen molar-refractivity contribution >= 4 is 5.71 Å². The second kappa shape index (κ2) is 22.5. The molecule has 1 radical (unpaired) electrons. The Bertz CT molecular complexity index is 114. The Balaban J connectivity index is -0.0000000740. The van der Waals surface area contributed by atoms with E-state index in [-0.39, 0.29) is 40.1 Å². The summed E-state index contributed by atoms with van der Waals surface area (Å²) in [6, 6.07) is 0. The molecule has 0 bridgehead atoms. The molecule has 0 heterocycles. The number of hydrazone groups is 1. The summed E-state index contributed by atoms with van der Waals surface area (Å²) in [5.74, 6) is 0. The summed E-state index contributed by atoms with van der Waals surface area (Å²) in [4.78, 5) is 0. The minimum Gasteiger partial charge on any atom is -0.358 e. The predicted molar refractivity (Wildman–Crippen MR) is 49.9 cm³/mol. The summed E-state index contributed by atoms with van der Waals surface area (Å²) >= 11 is 0. The zero-order valence-electron chi connectivity index (χ0n) is 8.56. The van der Waals surface area contributed by atoms with Crippen LogP contribution >= 0.6 is 0 Å². The number of hydrogen-bond acceptors (Lipinski definition) is 2. The van der Waals surface area contributed by atoms with Gasteiger partial charge in [0.1, 0.15) is 0 Å². The van der Waals surface area contributed by atoms with Crippen LogP contribution in [-0.4, -0.2) is 5.71 Å². The van der Waals surface area contributed by atoms with Crippen molar-refractivity contribution in [2.45, 2.75) is 27.7 Å². The molecule has 0 spiro atoms. The molecular formula is C8H18FN2Y-. The fourth-order valence-electron chi connectivity index (χ4n) is 0.345. The monoisotopic (exact) mass is 250 g/mol. The van der Waals surface area contributed by atoms with Crippen LogP contribution in [0.3, 0.4) is 0 Å². The zero-order valence-corrected chi connectivity index (χ0v) is 11.4. The van der Waals surface area contributed by atoms with E-state index in [1.54, 1.807) is 19.1 Å². The van der Waals surface area contributed by atoms with Crippen LogP contribution in [0.1, 0.15) is 27.7 Å². The smallest absolute Gasteiger partial charge is 0.0596 e. The topological polar surface area (TPSA) is 24.4 Å². The number of allylic oxidation sites excluding steroid dienone is 2. The van der Waals surface area contributed by atoms with Crippen LogP contribution in [0.15, 0.2) is 17.3 Å². The molecule has 4 heteroatoms. The molecule has 71 valence electrons. The molecule has 0 fully saturated rings. The standard InChI is InChI=1S/C5H9FN2.C2H6.CH3.Y/c1-3-4-5(2)7-8-6;1-2;;/h3-4,8H,1-2H3;1-2H3;1H3;/q;;-1;/b4-3-,7-5-;;;. The van der Waals surface area contributed by atoms with Crippen LogP contribution in [0.25, 0.3) is 0 Å². The minimum atomic E-state index is 0. The van der Waals surface area contributed by atoms with E-state index in [4.69, 9.17) is 0 Å². The first-order chi connectivity index (χ1) is 4.81. The molecule has 0 aromatic rings. The Kier molecular flexibility index (Phi) is 42.7. The zero-order chi connectivity index (χ0) is 8.41. The molecule has 2 nitrogen and oxygen atoms in total. The van der Waals surface area contributed by atoms with Gasteiger partial charge in [0, 0.05) is 32.7 Å². The average Bonchev–Trinajstić information content (AvgIpc) is 1.93. The molecule has 1 N–H and O–H groups in total. The Morgan fingerprint density at radius 2 is 1.83 bits per heavy atom. The number of hydrogen-bond donors (Lipinski definition) is 1. The maximum absolute atomic E-state index is 11.1. The van der Waals surface area contributed by atoms with Crippen LogP contribution < -0.4 is 5.65 Å². The van der Waals surface area contributed by atoms with Crippen molar-refractivity contribution in [3.63, 3.8) is 0 Å². The Morgan fingerprint density at radius 3 is 2.08 bits per heavy atom. The molecule has 0 aromatic carbocycles. The van der Waals surface area contributed by atoms with Gasteiger partial charge in [0.25, 0.3) is 0 Å². The first-order valence-corrected chi connectivity index (χ1v) is 3.34. The van der Waals surface area contributed by atoms with Crippen molar-refractivity contribution in [1.29, 1.82) is 0 Å². The molecule has 0 unspecified atom stereocenters. The fraction of sp³-hybridized carbons (Fsp3) is 0.500. The second-order valence-corrected chi connectivity index (χ2v) is 1.34. The fourth-order valence-corrected chi connectivity index (χ4v) is 0.345. The van der Waals surface area contributed by atoms with Crippen molar-refractivity contribution in [3.05, 3.63) is 19.6 Å². The molecule has 0 saturated carbocycles. The van der Waals surface area contributed by atoms with Gasteiger partial charge in [-0.15, -0.1) is 5.65 Å². The summed E-state index contributed by atoms with van der Waals surface area (Å²) in [6.45, 7) is 7.55. The van der Waals surface area contributed by atoms with Gasteiger partial charge in [-0.25, -0.2) is 0 Å². The molecule has 0 rings (SSSR count). The Hall–Kier alpha value is 0.244. The van der Waals surface area contributed by atoms with Gasteiger partial charge in [0.15, 0.2) is 0 Å². The number of halogens is 1. The summed E-state index contributed by atoms with van der Waals surface area (Å²) in [6.07, 6.45) is 3.49. The van der Waals surface area contributed by atoms with Gasteiger partial charge in [-0.2, -0.15) is 5.10 Å². The van der Waals surface area contributed by atoms with E-state index in [9.17, 15) is 4.48 Å². The van der Waals surface area contributed by atoms with E-state index in [1.807, 2.05) is 20.8 Å². The summed E-state index contributed by atoms with van der Waals surface area (Å²) in [5.41, 5.74) is 1.81. The van der Waals surface area contributed by atoms with Crippen LogP contribution in [-0.2, 0) is 32.7 Å². The number of rotatable bonds is 2. The van der Waals surface area contributed by atoms with E-state index in [0.29, 0.717) is 5.71 Å². The van der Waals surface area contributed by atoms with Crippen molar-refractivity contribution in [2.75, 3.05) is 0 Å². The van der Waals surface area contributed by atoms with E-state index in [2.05, 4.69) is 5.10 Å². The second-order valence-electron chi connectivity index (χ2n) is 1.34. The minimum absolute atomic E-state index is 0. The Labute approximate surface area is 101 Å². The van der Waals surface area contributed by atoms with E-state index >= 15 is 0 Å². The maximum Gasteiger partial charge on any atom is 0.0596 e. The first kappa shape index (κ1) is 22.8. The molecule has 0 aliphatic heterocycles. The Morgan fingerprint density at radius 1 is 1.42 bits per heavy atom. The largest absolute Gasteiger partial charge is 0.358 e. The van der Waals surface area contributed by atoms with Gasteiger partial charge in [-0.3, -0.25) is 0 Å². The SMILES string of the molecule is C/C=C\C(C)=N/NF.CC.[CH3-].[Y]. The molecule has 0 aliphatic rings. The summed E-state index contributed by atoms with van der Waals surface area (Å²) in [7, 11) is 0. The van der Waals surface area contributed by atoms with Gasteiger partial charge in [-0.05, 0) is 19.9 Å². The maximum atomic E-state index is 11.1. The van der Waals surface area contributed by atoms with Gasteiger partial charge in [0.05, 0.1) is 5.71 Å². The average molecular weight is 250 g/mol. The number of nitrogens with one attached hydrogen (secondary N) is 1. The first-order valence-electron chi connectivity index (χ1n) is 3.34. The molecule has 12 heavy (non-hydrogen) atoms. The van der Waals surface area contributed by atoms with Crippen molar-refractivity contribution in [2.24, 2.45) is 5.10 Å².